The van der Waals surface area contributed by atoms with E-state index in [0.717, 1.165) is 31.9 Å². The van der Waals surface area contributed by atoms with E-state index in [0.29, 0.717) is 24.1 Å². The van der Waals surface area contributed by atoms with Crippen molar-refractivity contribution in [2.45, 2.75) is 6.54 Å². The van der Waals surface area contributed by atoms with Crippen LogP contribution in [-0.2, 0) is 6.54 Å². The number of rotatable bonds is 5. The Morgan fingerprint density at radius 3 is 2.72 bits per heavy atom. The van der Waals surface area contributed by atoms with Crippen molar-refractivity contribution < 1.29 is 13.6 Å². The summed E-state index contributed by atoms with van der Waals surface area (Å²) >= 11 is 0. The lowest BCUT2D eigenvalue weighted by molar-refractivity contribution is 0.226. The SMILES string of the molecule is COc1cccc(N2CCN(Cc3nnc(-c4ccco4)o3)CC2)c1. The molecule has 0 atom stereocenters. The van der Waals surface area contributed by atoms with Crippen molar-refractivity contribution >= 4 is 5.69 Å². The lowest BCUT2D eigenvalue weighted by Crippen LogP contribution is -2.46. The smallest absolute Gasteiger partial charge is 0.283 e. The number of piperazine rings is 1. The van der Waals surface area contributed by atoms with Crippen molar-refractivity contribution in [3.05, 3.63) is 48.6 Å². The first kappa shape index (κ1) is 15.7. The Morgan fingerprint density at radius 1 is 1.08 bits per heavy atom. The van der Waals surface area contributed by atoms with Crippen molar-refractivity contribution in [1.82, 2.24) is 15.1 Å². The van der Waals surface area contributed by atoms with Crippen LogP contribution in [0.5, 0.6) is 5.75 Å². The second-order valence-corrected chi connectivity index (χ2v) is 5.94. The highest BCUT2D eigenvalue weighted by molar-refractivity contribution is 5.51. The summed E-state index contributed by atoms with van der Waals surface area (Å²) in [5.41, 5.74) is 1.19. The van der Waals surface area contributed by atoms with Gasteiger partial charge in [-0.3, -0.25) is 4.90 Å². The molecule has 2 aromatic heterocycles. The van der Waals surface area contributed by atoms with Crippen LogP contribution in [0.4, 0.5) is 5.69 Å². The van der Waals surface area contributed by atoms with Crippen molar-refractivity contribution in [3.63, 3.8) is 0 Å². The van der Waals surface area contributed by atoms with Gasteiger partial charge in [-0.25, -0.2) is 0 Å². The highest BCUT2D eigenvalue weighted by atomic mass is 16.5. The molecule has 1 fully saturated rings. The Labute approximate surface area is 145 Å². The Kier molecular flexibility index (Phi) is 4.39. The number of nitrogens with zero attached hydrogens (tertiary/aromatic N) is 4. The standard InChI is InChI=1S/C18H20N4O3/c1-23-15-5-2-4-14(12-15)22-9-7-21(8-10-22)13-17-19-20-18(25-17)16-6-3-11-24-16/h2-6,11-12H,7-10,13H2,1H3. The first-order valence-electron chi connectivity index (χ1n) is 8.29. The zero-order valence-corrected chi connectivity index (χ0v) is 14.1. The predicted molar refractivity (Wildman–Crippen MR) is 92.5 cm³/mol. The van der Waals surface area contributed by atoms with Crippen LogP contribution in [0.2, 0.25) is 0 Å². The molecule has 0 N–H and O–H groups in total. The van der Waals surface area contributed by atoms with E-state index in [1.165, 1.54) is 5.69 Å². The molecule has 0 saturated carbocycles. The quantitative estimate of drug-likeness (QED) is 0.707. The molecule has 0 amide bonds. The van der Waals surface area contributed by atoms with Crippen molar-refractivity contribution in [1.29, 1.82) is 0 Å². The van der Waals surface area contributed by atoms with Crippen LogP contribution >= 0.6 is 0 Å². The van der Waals surface area contributed by atoms with Crippen LogP contribution in [0.15, 0.2) is 51.5 Å². The van der Waals surface area contributed by atoms with E-state index in [9.17, 15) is 0 Å². The highest BCUT2D eigenvalue weighted by Crippen LogP contribution is 2.23. The van der Waals surface area contributed by atoms with Gasteiger partial charge in [0.15, 0.2) is 5.76 Å². The van der Waals surface area contributed by atoms with E-state index in [2.05, 4.69) is 32.1 Å². The summed E-state index contributed by atoms with van der Waals surface area (Å²) in [5, 5.41) is 8.16. The molecule has 1 aliphatic heterocycles. The second kappa shape index (κ2) is 6.98. The number of hydrogen-bond donors (Lipinski definition) is 0. The molecular formula is C18H20N4O3. The predicted octanol–water partition coefficient (Wildman–Crippen LogP) is 2.66. The van der Waals surface area contributed by atoms with Crippen LogP contribution in [0, 0.1) is 0 Å². The molecule has 7 heteroatoms. The second-order valence-electron chi connectivity index (χ2n) is 5.94. The third-order valence-electron chi connectivity index (χ3n) is 4.35. The summed E-state index contributed by atoms with van der Waals surface area (Å²) in [6, 6.07) is 11.8. The van der Waals surface area contributed by atoms with Gasteiger partial charge in [0.25, 0.3) is 5.89 Å². The van der Waals surface area contributed by atoms with Crippen LogP contribution in [0.1, 0.15) is 5.89 Å². The maximum Gasteiger partial charge on any atom is 0.283 e. The molecule has 0 spiro atoms. The summed E-state index contributed by atoms with van der Waals surface area (Å²) < 4.78 is 16.3. The highest BCUT2D eigenvalue weighted by Gasteiger charge is 2.20. The Morgan fingerprint density at radius 2 is 1.96 bits per heavy atom. The molecular weight excluding hydrogens is 320 g/mol. The fourth-order valence-corrected chi connectivity index (χ4v) is 2.98. The molecule has 0 radical (unpaired) electrons. The van der Waals surface area contributed by atoms with Gasteiger partial charge in [-0.1, -0.05) is 6.07 Å². The largest absolute Gasteiger partial charge is 0.497 e. The van der Waals surface area contributed by atoms with E-state index in [1.807, 2.05) is 18.2 Å². The Hall–Kier alpha value is -2.80. The molecule has 1 aliphatic rings. The minimum Gasteiger partial charge on any atom is -0.497 e. The number of anilines is 1. The van der Waals surface area contributed by atoms with Crippen molar-refractivity contribution in [3.8, 4) is 17.4 Å². The molecule has 4 rings (SSSR count). The van der Waals surface area contributed by atoms with E-state index in [4.69, 9.17) is 13.6 Å². The third kappa shape index (κ3) is 3.51. The molecule has 0 aliphatic carbocycles. The Bertz CT molecular complexity index is 807. The van der Waals surface area contributed by atoms with Gasteiger partial charge in [0, 0.05) is 37.9 Å². The molecule has 0 unspecified atom stereocenters. The molecule has 25 heavy (non-hydrogen) atoms. The van der Waals surface area contributed by atoms with E-state index in [1.54, 1.807) is 19.4 Å². The lowest BCUT2D eigenvalue weighted by Gasteiger charge is -2.35. The van der Waals surface area contributed by atoms with Crippen LogP contribution in [-0.4, -0.2) is 48.4 Å². The minimum atomic E-state index is 0.426. The van der Waals surface area contributed by atoms with E-state index < -0.39 is 0 Å². The van der Waals surface area contributed by atoms with Crippen LogP contribution < -0.4 is 9.64 Å². The summed E-state index contributed by atoms with van der Waals surface area (Å²) in [6.45, 7) is 4.43. The Balaban J connectivity index is 1.34. The molecule has 3 aromatic rings. The first-order chi connectivity index (χ1) is 12.3. The van der Waals surface area contributed by atoms with Gasteiger partial charge in [-0.2, -0.15) is 0 Å². The van der Waals surface area contributed by atoms with Gasteiger partial charge in [-0.05, 0) is 24.3 Å². The number of hydrogen-bond acceptors (Lipinski definition) is 7. The molecule has 3 heterocycles. The molecule has 0 bridgehead atoms. The summed E-state index contributed by atoms with van der Waals surface area (Å²) in [5.74, 6) is 2.52. The van der Waals surface area contributed by atoms with Crippen molar-refractivity contribution in [2.24, 2.45) is 0 Å². The van der Waals surface area contributed by atoms with Crippen LogP contribution in [0.25, 0.3) is 11.7 Å². The summed E-state index contributed by atoms with van der Waals surface area (Å²) in [7, 11) is 1.69. The average molecular weight is 340 g/mol. The average Bonchev–Trinajstić information content (AvgIpc) is 3.34. The number of furan rings is 1. The minimum absolute atomic E-state index is 0.426. The zero-order valence-electron chi connectivity index (χ0n) is 14.1. The van der Waals surface area contributed by atoms with E-state index in [-0.39, 0.29) is 0 Å². The molecule has 1 saturated heterocycles. The molecule has 1 aromatic carbocycles. The van der Waals surface area contributed by atoms with Gasteiger partial charge < -0.3 is 18.5 Å². The van der Waals surface area contributed by atoms with Gasteiger partial charge in [0.05, 0.1) is 19.9 Å². The molecule has 7 nitrogen and oxygen atoms in total. The number of ether oxygens (including phenoxy) is 1. The van der Waals surface area contributed by atoms with Gasteiger partial charge >= 0.3 is 0 Å². The lowest BCUT2D eigenvalue weighted by atomic mass is 10.2. The topological polar surface area (TPSA) is 67.8 Å². The van der Waals surface area contributed by atoms with E-state index >= 15 is 0 Å². The monoisotopic (exact) mass is 340 g/mol. The van der Waals surface area contributed by atoms with Crippen molar-refractivity contribution in [2.75, 3.05) is 38.2 Å². The summed E-state index contributed by atoms with van der Waals surface area (Å²) in [6.07, 6.45) is 1.59. The maximum absolute atomic E-state index is 5.68. The fourth-order valence-electron chi connectivity index (χ4n) is 2.98. The van der Waals surface area contributed by atoms with Gasteiger partial charge in [0.2, 0.25) is 5.89 Å². The molecule has 130 valence electrons. The van der Waals surface area contributed by atoms with Crippen LogP contribution in [0.3, 0.4) is 0 Å². The summed E-state index contributed by atoms with van der Waals surface area (Å²) in [4.78, 5) is 4.68. The third-order valence-corrected chi connectivity index (χ3v) is 4.35. The van der Waals surface area contributed by atoms with Gasteiger partial charge in [0.1, 0.15) is 5.75 Å². The normalized spacial score (nSPS) is 15.5. The maximum atomic E-state index is 5.68. The fraction of sp³-hybridized carbons (Fsp3) is 0.333. The first-order valence-corrected chi connectivity index (χ1v) is 8.29. The van der Waals surface area contributed by atoms with Gasteiger partial charge in [-0.15, -0.1) is 10.2 Å². The zero-order chi connectivity index (χ0) is 17.1. The number of aromatic nitrogens is 2. The number of methoxy groups -OCH3 is 1. The number of benzene rings is 1.